The van der Waals surface area contributed by atoms with Gasteiger partial charge >= 0.3 is 0 Å². The number of rotatable bonds is 4. The van der Waals surface area contributed by atoms with Crippen molar-refractivity contribution in [1.82, 2.24) is 4.90 Å². The van der Waals surface area contributed by atoms with Gasteiger partial charge in [-0.1, -0.05) is 60.1 Å². The maximum absolute atomic E-state index is 6.58. The number of thioether (sulfide) groups is 1. The summed E-state index contributed by atoms with van der Waals surface area (Å²) in [5.74, 6) is 1.37. The summed E-state index contributed by atoms with van der Waals surface area (Å²) in [4.78, 5) is 3.70. The molecule has 0 fully saturated rings. The average molecular weight is 394 g/mol. The monoisotopic (exact) mass is 393 g/mol. The lowest BCUT2D eigenvalue weighted by Gasteiger charge is -2.33. The minimum absolute atomic E-state index is 0.369. The molecule has 0 amide bonds. The van der Waals surface area contributed by atoms with Crippen LogP contribution in [-0.4, -0.2) is 18.5 Å². The van der Waals surface area contributed by atoms with E-state index in [2.05, 4.69) is 85.6 Å². The van der Waals surface area contributed by atoms with Gasteiger partial charge in [0.2, 0.25) is 0 Å². The maximum atomic E-state index is 6.58. The summed E-state index contributed by atoms with van der Waals surface area (Å²) in [6.07, 6.45) is 0. The van der Waals surface area contributed by atoms with Gasteiger partial charge in [0.15, 0.2) is 0 Å². The fourth-order valence-electron chi connectivity index (χ4n) is 3.87. The molecule has 0 spiro atoms. The third-order valence-corrected chi connectivity index (χ3v) is 6.58. The number of hydrogen-bond acceptors (Lipinski definition) is 2. The van der Waals surface area contributed by atoms with Crippen LogP contribution >= 0.6 is 23.4 Å². The van der Waals surface area contributed by atoms with Crippen LogP contribution in [0, 0.1) is 6.92 Å². The lowest BCUT2D eigenvalue weighted by molar-refractivity contribution is 0.295. The number of fused-ring (bicyclic) bond motifs is 1. The van der Waals surface area contributed by atoms with Gasteiger partial charge in [-0.05, 0) is 60.0 Å². The van der Waals surface area contributed by atoms with Gasteiger partial charge in [-0.15, -0.1) is 11.8 Å². The van der Waals surface area contributed by atoms with E-state index >= 15 is 0 Å². The van der Waals surface area contributed by atoms with Crippen LogP contribution in [0.1, 0.15) is 33.7 Å². The lowest BCUT2D eigenvalue weighted by atomic mass is 9.84. The van der Waals surface area contributed by atoms with Crippen LogP contribution in [0.4, 0.5) is 0 Å². The first-order chi connectivity index (χ1) is 13.1. The van der Waals surface area contributed by atoms with Crippen LogP contribution < -0.4 is 0 Å². The van der Waals surface area contributed by atoms with E-state index in [0.29, 0.717) is 5.92 Å². The van der Waals surface area contributed by atoms with E-state index in [1.54, 1.807) is 0 Å². The van der Waals surface area contributed by atoms with Crippen molar-refractivity contribution in [2.75, 3.05) is 13.6 Å². The van der Waals surface area contributed by atoms with Gasteiger partial charge in [0, 0.05) is 34.7 Å². The Kier molecular flexibility index (Phi) is 5.58. The first kappa shape index (κ1) is 18.6. The number of nitrogens with zero attached hydrogens (tertiary/aromatic N) is 1. The molecule has 0 aliphatic carbocycles. The molecular formula is C24H24ClNS. The van der Waals surface area contributed by atoms with E-state index in [-0.39, 0.29) is 0 Å². The molecular weight excluding hydrogens is 370 g/mol. The summed E-state index contributed by atoms with van der Waals surface area (Å²) >= 11 is 8.48. The van der Waals surface area contributed by atoms with Gasteiger partial charge in [0.1, 0.15) is 0 Å². The molecule has 0 saturated heterocycles. The van der Waals surface area contributed by atoms with Crippen LogP contribution in [0.15, 0.2) is 71.6 Å². The van der Waals surface area contributed by atoms with E-state index in [4.69, 9.17) is 11.6 Å². The molecule has 1 atom stereocenters. The molecule has 0 saturated carbocycles. The molecule has 0 unspecified atom stereocenters. The highest BCUT2D eigenvalue weighted by Gasteiger charge is 2.26. The molecule has 138 valence electrons. The Labute approximate surface area is 171 Å². The molecule has 4 rings (SSSR count). The van der Waals surface area contributed by atoms with E-state index in [0.717, 1.165) is 23.9 Å². The number of hydrogen-bond donors (Lipinski definition) is 0. The summed E-state index contributed by atoms with van der Waals surface area (Å²) in [5.41, 5.74) is 6.65. The van der Waals surface area contributed by atoms with E-state index < -0.39 is 0 Å². The van der Waals surface area contributed by atoms with Crippen LogP contribution in [-0.2, 0) is 12.3 Å². The summed E-state index contributed by atoms with van der Waals surface area (Å²) in [6.45, 7) is 4.08. The second kappa shape index (κ2) is 8.10. The zero-order valence-electron chi connectivity index (χ0n) is 15.8. The van der Waals surface area contributed by atoms with Gasteiger partial charge in [-0.25, -0.2) is 0 Å². The Morgan fingerprint density at radius 3 is 2.67 bits per heavy atom. The number of likely N-dealkylation sites (N-methyl/N-ethyl adjacent to an activating group) is 1. The summed E-state index contributed by atoms with van der Waals surface area (Å²) in [7, 11) is 2.18. The Bertz CT molecular complexity index is 938. The van der Waals surface area contributed by atoms with Crippen LogP contribution in [0.5, 0.6) is 0 Å². The molecule has 0 N–H and O–H groups in total. The highest BCUT2D eigenvalue weighted by molar-refractivity contribution is 7.98. The van der Waals surface area contributed by atoms with Crippen molar-refractivity contribution in [1.29, 1.82) is 0 Å². The first-order valence-electron chi connectivity index (χ1n) is 9.34. The predicted octanol–water partition coefficient (Wildman–Crippen LogP) is 6.52. The van der Waals surface area contributed by atoms with Gasteiger partial charge in [-0.2, -0.15) is 0 Å². The van der Waals surface area contributed by atoms with Gasteiger partial charge in [0.25, 0.3) is 0 Å². The third kappa shape index (κ3) is 4.24. The van der Waals surface area contributed by atoms with Crippen molar-refractivity contribution in [2.24, 2.45) is 0 Å². The molecule has 1 heterocycles. The smallest absolute Gasteiger partial charge is 0.0456 e. The van der Waals surface area contributed by atoms with Crippen molar-refractivity contribution in [3.05, 3.63) is 99.6 Å². The van der Waals surface area contributed by atoms with Gasteiger partial charge in [0.05, 0.1) is 0 Å². The molecule has 3 heteroatoms. The molecule has 0 bridgehead atoms. The van der Waals surface area contributed by atoms with Crippen molar-refractivity contribution in [2.45, 2.75) is 30.0 Å². The molecule has 1 aliphatic rings. The predicted molar refractivity (Wildman–Crippen MR) is 117 cm³/mol. The van der Waals surface area contributed by atoms with Crippen molar-refractivity contribution >= 4 is 23.4 Å². The molecule has 27 heavy (non-hydrogen) atoms. The fraction of sp³-hybridized carbons (Fsp3) is 0.250. The van der Waals surface area contributed by atoms with Crippen LogP contribution in [0.2, 0.25) is 5.02 Å². The Hall–Kier alpha value is -1.74. The highest BCUT2D eigenvalue weighted by Crippen LogP contribution is 2.38. The SMILES string of the molecule is Cc1cc(Cl)c2c(c1)[C@@H](c1cccc(SCc3ccccc3)c1)CN(C)C2. The minimum atomic E-state index is 0.369. The van der Waals surface area contributed by atoms with Gasteiger partial charge in [-0.3, -0.25) is 0 Å². The average Bonchev–Trinajstić information content (AvgIpc) is 2.67. The largest absolute Gasteiger partial charge is 0.301 e. The van der Waals surface area contributed by atoms with Crippen LogP contribution in [0.3, 0.4) is 0 Å². The van der Waals surface area contributed by atoms with Crippen LogP contribution in [0.25, 0.3) is 0 Å². The standard InChI is InChI=1S/C24H24ClNS/c1-17-11-21-22(14-26(2)15-23(21)24(25)12-17)19-9-6-10-20(13-19)27-16-18-7-4-3-5-8-18/h3-13,22H,14-16H2,1-2H3/t22-/m1/s1. The number of aryl methyl sites for hydroxylation is 1. The summed E-state index contributed by atoms with van der Waals surface area (Å²) in [6, 6.07) is 24.1. The molecule has 3 aromatic rings. The Balaban J connectivity index is 1.62. The zero-order chi connectivity index (χ0) is 18.8. The van der Waals surface area contributed by atoms with Crippen molar-refractivity contribution in [3.63, 3.8) is 0 Å². The van der Waals surface area contributed by atoms with Gasteiger partial charge < -0.3 is 4.90 Å². The number of benzene rings is 3. The second-order valence-electron chi connectivity index (χ2n) is 7.41. The first-order valence-corrected chi connectivity index (χ1v) is 10.7. The third-order valence-electron chi connectivity index (χ3n) is 5.18. The Morgan fingerprint density at radius 2 is 1.85 bits per heavy atom. The summed E-state index contributed by atoms with van der Waals surface area (Å²) < 4.78 is 0. The van der Waals surface area contributed by atoms with E-state index in [9.17, 15) is 0 Å². The quantitative estimate of drug-likeness (QED) is 0.464. The Morgan fingerprint density at radius 1 is 1.04 bits per heavy atom. The highest BCUT2D eigenvalue weighted by atomic mass is 35.5. The topological polar surface area (TPSA) is 3.24 Å². The normalized spacial score (nSPS) is 16.9. The maximum Gasteiger partial charge on any atom is 0.0456 e. The molecule has 1 aliphatic heterocycles. The second-order valence-corrected chi connectivity index (χ2v) is 8.87. The summed E-state index contributed by atoms with van der Waals surface area (Å²) in [5, 5.41) is 0.899. The van der Waals surface area contributed by atoms with E-state index in [1.807, 2.05) is 11.8 Å². The minimum Gasteiger partial charge on any atom is -0.301 e. The number of halogens is 1. The molecule has 0 radical (unpaired) electrons. The molecule has 1 nitrogen and oxygen atoms in total. The zero-order valence-corrected chi connectivity index (χ0v) is 17.4. The molecule has 3 aromatic carbocycles. The fourth-order valence-corrected chi connectivity index (χ4v) is 5.13. The van der Waals surface area contributed by atoms with E-state index in [1.165, 1.54) is 32.7 Å². The lowest BCUT2D eigenvalue weighted by Crippen LogP contribution is -2.31. The van der Waals surface area contributed by atoms with Crippen molar-refractivity contribution in [3.8, 4) is 0 Å². The van der Waals surface area contributed by atoms with Crippen molar-refractivity contribution < 1.29 is 0 Å². The molecule has 0 aromatic heterocycles.